The Kier molecular flexibility index (Phi) is 8.65. The molecule has 0 atom stereocenters. The zero-order valence-electron chi connectivity index (χ0n) is 5.97. The van der Waals surface area contributed by atoms with E-state index < -0.39 is 24.1 Å². The van der Waals surface area contributed by atoms with Gasteiger partial charge in [-0.3, -0.25) is 0 Å². The minimum absolute atomic E-state index is 0. The van der Waals surface area contributed by atoms with Crippen molar-refractivity contribution in [3.05, 3.63) is 24.1 Å². The molecule has 54 valence electrons. The Morgan fingerprint density at radius 2 is 1.50 bits per heavy atom. The van der Waals surface area contributed by atoms with Crippen LogP contribution in [0.1, 0.15) is 1.43 Å². The number of hydrogen-bond donors (Lipinski definition) is 0. The summed E-state index contributed by atoms with van der Waals surface area (Å²) in [6.07, 6.45) is -3.75. The van der Waals surface area contributed by atoms with Crippen molar-refractivity contribution in [3.63, 3.8) is 0 Å². The molecule has 0 saturated carbocycles. The Hall–Kier alpha value is 0.766. The molecule has 0 aliphatic heterocycles. The Balaban J connectivity index is -0.000000320. The van der Waals surface area contributed by atoms with Crippen LogP contribution in [-0.4, -0.2) is 0 Å². The second kappa shape index (κ2) is 6.47. The second-order valence-electron chi connectivity index (χ2n) is 1.03. The summed E-state index contributed by atoms with van der Waals surface area (Å²) in [6.45, 7) is 0. The zero-order chi connectivity index (χ0) is 7.44. The first kappa shape index (κ1) is 13.4. The van der Waals surface area contributed by atoms with E-state index in [1.165, 1.54) is 0 Å². The third-order valence-corrected chi connectivity index (χ3v) is 0.471. The van der Waals surface area contributed by atoms with Crippen LogP contribution in [0.2, 0.25) is 0 Å². The normalized spacial score (nSPS) is 10.3. The van der Waals surface area contributed by atoms with E-state index in [4.69, 9.17) is 0 Å². The summed E-state index contributed by atoms with van der Waals surface area (Å²) in [7, 11) is 0. The first-order valence-electron chi connectivity index (χ1n) is 1.76. The maximum atomic E-state index is 11.4. The SMILES string of the molecule is FC=C(F)C(F)=C(F)F.[H-].[K+]. The van der Waals surface area contributed by atoms with Crippen LogP contribution in [0.5, 0.6) is 0 Å². The van der Waals surface area contributed by atoms with Crippen LogP contribution in [-0.2, 0) is 0 Å². The smallest absolute Gasteiger partial charge is 1.00 e. The van der Waals surface area contributed by atoms with Crippen molar-refractivity contribution in [2.75, 3.05) is 0 Å². The summed E-state index contributed by atoms with van der Waals surface area (Å²) in [5, 5.41) is 0. The summed E-state index contributed by atoms with van der Waals surface area (Å²) in [4.78, 5) is 0. The molecule has 10 heavy (non-hydrogen) atoms. The van der Waals surface area contributed by atoms with Crippen molar-refractivity contribution in [2.24, 2.45) is 0 Å². The van der Waals surface area contributed by atoms with E-state index in [0.29, 0.717) is 0 Å². The summed E-state index contributed by atoms with van der Waals surface area (Å²) in [6, 6.07) is 0. The number of hydrogen-bond acceptors (Lipinski definition) is 0. The molecule has 0 N–H and O–H groups in total. The third kappa shape index (κ3) is 4.56. The van der Waals surface area contributed by atoms with E-state index >= 15 is 0 Å². The molecule has 0 saturated heterocycles. The molecule has 0 spiro atoms. The Morgan fingerprint density at radius 3 is 1.60 bits per heavy atom. The van der Waals surface area contributed by atoms with Gasteiger partial charge in [0.1, 0.15) is 6.33 Å². The Labute approximate surface area is 97.7 Å². The second-order valence-corrected chi connectivity index (χ2v) is 1.03. The van der Waals surface area contributed by atoms with E-state index in [1.54, 1.807) is 0 Å². The first-order chi connectivity index (χ1) is 4.09. The minimum Gasteiger partial charge on any atom is -1.00 e. The molecule has 0 aromatic carbocycles. The molecular weight excluding hydrogens is 182 g/mol. The molecule has 0 nitrogen and oxygen atoms in total. The van der Waals surface area contributed by atoms with Gasteiger partial charge in [-0.25, -0.2) is 8.78 Å². The van der Waals surface area contributed by atoms with Gasteiger partial charge in [-0.15, -0.1) is 0 Å². The van der Waals surface area contributed by atoms with Gasteiger partial charge in [0.05, 0.1) is 0 Å². The standard InChI is InChI=1S/C4HF5.K.H/c5-1-2(6)3(7)4(8)9;;/h1H;;/q;+1;-1. The first-order valence-corrected chi connectivity index (χ1v) is 1.76. The van der Waals surface area contributed by atoms with Crippen LogP contribution in [0, 0.1) is 0 Å². The van der Waals surface area contributed by atoms with E-state index in [-0.39, 0.29) is 52.8 Å². The summed E-state index contributed by atoms with van der Waals surface area (Å²) < 4.78 is 55.4. The maximum Gasteiger partial charge on any atom is 1.00 e. The average Bonchev–Trinajstić information content (AvgIpc) is 1.84. The maximum absolute atomic E-state index is 11.4. The van der Waals surface area contributed by atoms with Crippen molar-refractivity contribution in [1.29, 1.82) is 0 Å². The van der Waals surface area contributed by atoms with Crippen LogP contribution in [0.4, 0.5) is 22.0 Å². The molecular formula is C4H2F5K. The van der Waals surface area contributed by atoms with E-state index in [1.807, 2.05) is 0 Å². The van der Waals surface area contributed by atoms with Gasteiger partial charge in [0, 0.05) is 0 Å². The van der Waals surface area contributed by atoms with Crippen molar-refractivity contribution >= 4 is 0 Å². The fraction of sp³-hybridized carbons (Fsp3) is 0. The van der Waals surface area contributed by atoms with Gasteiger partial charge >= 0.3 is 57.5 Å². The average molecular weight is 184 g/mol. The molecule has 0 radical (unpaired) electrons. The molecule has 0 fully saturated rings. The summed E-state index contributed by atoms with van der Waals surface area (Å²) in [5.41, 5.74) is 0. The molecule has 0 unspecified atom stereocenters. The van der Waals surface area contributed by atoms with Gasteiger partial charge in [-0.1, -0.05) is 0 Å². The van der Waals surface area contributed by atoms with Gasteiger partial charge in [0.25, 0.3) is 0 Å². The number of rotatable bonds is 1. The molecule has 0 aliphatic rings. The van der Waals surface area contributed by atoms with Gasteiger partial charge in [-0.2, -0.15) is 13.2 Å². The fourth-order valence-electron chi connectivity index (χ4n) is 0.138. The summed E-state index contributed by atoms with van der Waals surface area (Å²) >= 11 is 0. The number of halogens is 5. The predicted octanol–water partition coefficient (Wildman–Crippen LogP) is -0.0391. The van der Waals surface area contributed by atoms with Gasteiger partial charge in [0.15, 0.2) is 5.83 Å². The van der Waals surface area contributed by atoms with Crippen molar-refractivity contribution in [2.45, 2.75) is 0 Å². The van der Waals surface area contributed by atoms with Crippen LogP contribution >= 0.6 is 0 Å². The van der Waals surface area contributed by atoms with Crippen LogP contribution in [0.3, 0.4) is 0 Å². The molecule has 0 heterocycles. The van der Waals surface area contributed by atoms with Gasteiger partial charge in [-0.05, 0) is 0 Å². The molecule has 0 aromatic heterocycles. The van der Waals surface area contributed by atoms with Gasteiger partial charge < -0.3 is 1.43 Å². The van der Waals surface area contributed by atoms with Crippen molar-refractivity contribution in [1.82, 2.24) is 0 Å². The molecule has 0 rings (SSSR count). The fourth-order valence-corrected chi connectivity index (χ4v) is 0.138. The quantitative estimate of drug-likeness (QED) is 0.305. The van der Waals surface area contributed by atoms with Crippen LogP contribution in [0.25, 0.3) is 0 Å². The minimum atomic E-state index is -2.87. The van der Waals surface area contributed by atoms with Crippen molar-refractivity contribution < 1.29 is 74.8 Å². The van der Waals surface area contributed by atoms with E-state index in [9.17, 15) is 22.0 Å². The molecule has 0 amide bonds. The topological polar surface area (TPSA) is 0 Å². The molecule has 0 aliphatic carbocycles. The zero-order valence-corrected chi connectivity index (χ0v) is 8.09. The molecule has 6 heteroatoms. The Bertz CT molecular complexity index is 162. The monoisotopic (exact) mass is 184 g/mol. The predicted molar refractivity (Wildman–Crippen MR) is 21.8 cm³/mol. The summed E-state index contributed by atoms with van der Waals surface area (Å²) in [5.74, 6) is -4.66. The Morgan fingerprint density at radius 1 is 1.10 bits per heavy atom. The molecule has 0 aromatic rings. The molecule has 0 bridgehead atoms. The van der Waals surface area contributed by atoms with Crippen molar-refractivity contribution in [3.8, 4) is 0 Å². The van der Waals surface area contributed by atoms with Crippen LogP contribution < -0.4 is 51.4 Å². The largest absolute Gasteiger partial charge is 1.00 e. The van der Waals surface area contributed by atoms with E-state index in [0.717, 1.165) is 0 Å². The number of allylic oxidation sites excluding steroid dienone is 2. The van der Waals surface area contributed by atoms with E-state index in [2.05, 4.69) is 0 Å². The van der Waals surface area contributed by atoms with Gasteiger partial charge in [0.2, 0.25) is 5.83 Å². The third-order valence-electron chi connectivity index (χ3n) is 0.471. The van der Waals surface area contributed by atoms with Crippen LogP contribution in [0.15, 0.2) is 24.1 Å².